The molecule has 2 heterocycles. The first-order valence-corrected chi connectivity index (χ1v) is 9.22. The molecule has 1 aliphatic carbocycles. The first-order chi connectivity index (χ1) is 12.1. The van der Waals surface area contributed by atoms with E-state index in [0.717, 1.165) is 44.2 Å². The Labute approximate surface area is 153 Å². The topological polar surface area (TPSA) is 41.4 Å². The number of carbonyl (C=O) groups is 1. The number of hydrogen-bond donors (Lipinski definition) is 0. The molecule has 2 aromatic rings. The van der Waals surface area contributed by atoms with Gasteiger partial charge in [0.1, 0.15) is 0 Å². The first-order valence-electron chi connectivity index (χ1n) is 8.84. The molecule has 0 radical (unpaired) electrons. The van der Waals surface area contributed by atoms with Gasteiger partial charge < -0.3 is 4.90 Å². The van der Waals surface area contributed by atoms with Gasteiger partial charge >= 0.3 is 0 Å². The smallest absolute Gasteiger partial charge is 0.226 e. The van der Waals surface area contributed by atoms with Crippen LogP contribution in [0.3, 0.4) is 0 Å². The Bertz CT molecular complexity index is 749. The molecule has 25 heavy (non-hydrogen) atoms. The molecule has 1 amide bonds. The fourth-order valence-electron chi connectivity index (χ4n) is 3.72. The normalized spacial score (nSPS) is 23.7. The Morgan fingerprint density at radius 2 is 1.92 bits per heavy atom. The van der Waals surface area contributed by atoms with Gasteiger partial charge in [-0.2, -0.15) is 5.10 Å². The molecule has 1 aliphatic heterocycles. The van der Waals surface area contributed by atoms with Crippen LogP contribution in [0.5, 0.6) is 0 Å². The lowest BCUT2D eigenvalue weighted by Crippen LogP contribution is -2.48. The van der Waals surface area contributed by atoms with Gasteiger partial charge in [-0.15, -0.1) is 0 Å². The van der Waals surface area contributed by atoms with Crippen molar-refractivity contribution in [1.82, 2.24) is 19.6 Å². The van der Waals surface area contributed by atoms with Crippen molar-refractivity contribution < 1.29 is 4.79 Å². The van der Waals surface area contributed by atoms with Crippen molar-refractivity contribution in [2.24, 2.45) is 13.0 Å². The summed E-state index contributed by atoms with van der Waals surface area (Å²) >= 11 is 5.95. The van der Waals surface area contributed by atoms with Crippen molar-refractivity contribution in [2.45, 2.75) is 18.9 Å². The molecule has 2 unspecified atom stereocenters. The van der Waals surface area contributed by atoms with E-state index < -0.39 is 0 Å². The Balaban J connectivity index is 1.28. The summed E-state index contributed by atoms with van der Waals surface area (Å²) in [4.78, 5) is 17.2. The van der Waals surface area contributed by atoms with E-state index in [0.29, 0.717) is 11.8 Å². The lowest BCUT2D eigenvalue weighted by atomic mass is 10.1. The van der Waals surface area contributed by atoms with Gasteiger partial charge in [-0.3, -0.25) is 14.4 Å². The van der Waals surface area contributed by atoms with E-state index in [2.05, 4.69) is 16.2 Å². The van der Waals surface area contributed by atoms with Gasteiger partial charge in [0.2, 0.25) is 5.91 Å². The van der Waals surface area contributed by atoms with E-state index in [1.807, 2.05) is 47.1 Å². The summed E-state index contributed by atoms with van der Waals surface area (Å²) in [5, 5.41) is 4.96. The number of aromatic nitrogens is 2. The number of rotatable bonds is 4. The molecule has 0 bridgehead atoms. The zero-order valence-corrected chi connectivity index (χ0v) is 15.2. The third-order valence-corrected chi connectivity index (χ3v) is 5.51. The van der Waals surface area contributed by atoms with Crippen LogP contribution in [0.25, 0.3) is 0 Å². The number of hydrogen-bond acceptors (Lipinski definition) is 3. The quantitative estimate of drug-likeness (QED) is 0.843. The highest BCUT2D eigenvalue weighted by molar-refractivity contribution is 6.30. The molecule has 6 heteroatoms. The SMILES string of the molecule is Cn1cc(CN2CCN(C(=O)C3CC3c3ccc(Cl)cc3)CC2)cn1. The summed E-state index contributed by atoms with van der Waals surface area (Å²) in [6.07, 6.45) is 4.94. The number of carbonyl (C=O) groups excluding carboxylic acids is 1. The average molecular weight is 359 g/mol. The van der Waals surface area contributed by atoms with Crippen LogP contribution >= 0.6 is 11.6 Å². The molecule has 132 valence electrons. The molecule has 2 aliphatic rings. The van der Waals surface area contributed by atoms with Crippen LogP contribution in [-0.4, -0.2) is 51.7 Å². The lowest BCUT2D eigenvalue weighted by molar-refractivity contribution is -0.134. The van der Waals surface area contributed by atoms with E-state index in [1.165, 1.54) is 11.1 Å². The second-order valence-electron chi connectivity index (χ2n) is 7.12. The lowest BCUT2D eigenvalue weighted by Gasteiger charge is -2.34. The van der Waals surface area contributed by atoms with Gasteiger partial charge in [0.05, 0.1) is 6.20 Å². The molecule has 1 saturated carbocycles. The van der Waals surface area contributed by atoms with Crippen molar-refractivity contribution in [2.75, 3.05) is 26.2 Å². The van der Waals surface area contributed by atoms with Gasteiger partial charge in [-0.25, -0.2) is 0 Å². The number of amides is 1. The number of piperazine rings is 1. The Morgan fingerprint density at radius 3 is 2.56 bits per heavy atom. The minimum atomic E-state index is 0.158. The molecule has 5 nitrogen and oxygen atoms in total. The van der Waals surface area contributed by atoms with E-state index in [9.17, 15) is 4.79 Å². The maximum Gasteiger partial charge on any atom is 0.226 e. The van der Waals surface area contributed by atoms with Gasteiger partial charge in [0.25, 0.3) is 0 Å². The maximum atomic E-state index is 12.7. The summed E-state index contributed by atoms with van der Waals surface area (Å²) in [6, 6.07) is 7.92. The fraction of sp³-hybridized carbons (Fsp3) is 0.474. The van der Waals surface area contributed by atoms with Crippen molar-refractivity contribution in [3.63, 3.8) is 0 Å². The van der Waals surface area contributed by atoms with E-state index >= 15 is 0 Å². The van der Waals surface area contributed by atoms with Crippen LogP contribution < -0.4 is 0 Å². The molecule has 2 fully saturated rings. The van der Waals surface area contributed by atoms with Crippen LogP contribution in [-0.2, 0) is 18.4 Å². The Morgan fingerprint density at radius 1 is 1.20 bits per heavy atom. The molecule has 1 aromatic carbocycles. The van der Waals surface area contributed by atoms with E-state index in [4.69, 9.17) is 11.6 Å². The van der Waals surface area contributed by atoms with Gasteiger partial charge in [0, 0.05) is 62.5 Å². The van der Waals surface area contributed by atoms with Crippen LogP contribution in [0.2, 0.25) is 5.02 Å². The second-order valence-corrected chi connectivity index (χ2v) is 7.56. The average Bonchev–Trinajstić information content (AvgIpc) is 3.31. The minimum absolute atomic E-state index is 0.158. The predicted octanol–water partition coefficient (Wildman–Crippen LogP) is 2.52. The third kappa shape index (κ3) is 3.72. The standard InChI is InChI=1S/C19H23ClN4O/c1-22-12-14(11-21-22)13-23-6-8-24(9-7-23)19(25)18-10-17(18)15-2-4-16(20)5-3-15/h2-5,11-12,17-18H,6-10,13H2,1H3. The molecule has 1 aromatic heterocycles. The highest BCUT2D eigenvalue weighted by Crippen LogP contribution is 2.48. The Kier molecular flexibility index (Phi) is 4.52. The molecule has 0 spiro atoms. The summed E-state index contributed by atoms with van der Waals surface area (Å²) in [5.74, 6) is 0.852. The summed E-state index contributed by atoms with van der Waals surface area (Å²) in [5.41, 5.74) is 2.46. The number of nitrogens with zero attached hydrogens (tertiary/aromatic N) is 4. The summed E-state index contributed by atoms with van der Waals surface area (Å²) < 4.78 is 1.83. The van der Waals surface area contributed by atoms with Crippen molar-refractivity contribution >= 4 is 17.5 Å². The van der Waals surface area contributed by atoms with Gasteiger partial charge in [0.15, 0.2) is 0 Å². The molecule has 1 saturated heterocycles. The summed E-state index contributed by atoms with van der Waals surface area (Å²) in [7, 11) is 1.94. The predicted molar refractivity (Wildman–Crippen MR) is 97.4 cm³/mol. The summed E-state index contributed by atoms with van der Waals surface area (Å²) in [6.45, 7) is 4.41. The van der Waals surface area contributed by atoms with Gasteiger partial charge in [-0.05, 0) is 30.0 Å². The van der Waals surface area contributed by atoms with Crippen LogP contribution in [0.15, 0.2) is 36.7 Å². The van der Waals surface area contributed by atoms with Crippen molar-refractivity contribution in [3.8, 4) is 0 Å². The van der Waals surface area contributed by atoms with E-state index in [1.54, 1.807) is 0 Å². The van der Waals surface area contributed by atoms with Crippen molar-refractivity contribution in [3.05, 3.63) is 52.8 Å². The van der Waals surface area contributed by atoms with Crippen LogP contribution in [0.1, 0.15) is 23.5 Å². The van der Waals surface area contributed by atoms with E-state index in [-0.39, 0.29) is 5.92 Å². The Hall–Kier alpha value is -1.85. The molecule has 2 atom stereocenters. The number of aryl methyl sites for hydroxylation is 1. The van der Waals surface area contributed by atoms with Crippen molar-refractivity contribution in [1.29, 1.82) is 0 Å². The number of halogens is 1. The fourth-order valence-corrected chi connectivity index (χ4v) is 3.84. The second kappa shape index (κ2) is 6.81. The zero-order chi connectivity index (χ0) is 17.4. The molecular weight excluding hydrogens is 336 g/mol. The monoisotopic (exact) mass is 358 g/mol. The maximum absolute atomic E-state index is 12.7. The highest BCUT2D eigenvalue weighted by atomic mass is 35.5. The molecule has 4 rings (SSSR count). The van der Waals surface area contributed by atoms with Gasteiger partial charge in [-0.1, -0.05) is 23.7 Å². The minimum Gasteiger partial charge on any atom is -0.340 e. The third-order valence-electron chi connectivity index (χ3n) is 5.25. The van der Waals surface area contributed by atoms with Crippen LogP contribution in [0, 0.1) is 5.92 Å². The zero-order valence-electron chi connectivity index (χ0n) is 14.4. The molecule has 0 N–H and O–H groups in total. The van der Waals surface area contributed by atoms with Crippen LogP contribution in [0.4, 0.5) is 0 Å². The highest BCUT2D eigenvalue weighted by Gasteiger charge is 2.46. The first kappa shape index (κ1) is 16.6. The largest absolute Gasteiger partial charge is 0.340 e. The molecular formula is C19H23ClN4O. The number of benzene rings is 1.